The van der Waals surface area contributed by atoms with Gasteiger partial charge in [0.2, 0.25) is 0 Å². The fourth-order valence-corrected chi connectivity index (χ4v) is 0.882. The van der Waals surface area contributed by atoms with Crippen molar-refractivity contribution >= 4 is 0 Å². The first-order valence-electron chi connectivity index (χ1n) is 4.33. The largest absolute Gasteiger partial charge is 0.412 e. The third-order valence-corrected chi connectivity index (χ3v) is 1.99. The first kappa shape index (κ1) is 12.5. The van der Waals surface area contributed by atoms with Crippen molar-refractivity contribution in [3.8, 4) is 0 Å². The van der Waals surface area contributed by atoms with Crippen LogP contribution in [0.15, 0.2) is 11.1 Å². The second kappa shape index (κ2) is 5.27. The summed E-state index contributed by atoms with van der Waals surface area (Å²) in [6, 6.07) is 0. The van der Waals surface area contributed by atoms with E-state index in [0.717, 1.165) is 13.5 Å². The fraction of sp³-hybridized carbons (Fsp3) is 0.778. The lowest BCUT2D eigenvalue weighted by molar-refractivity contribution is -0.0922. The van der Waals surface area contributed by atoms with Crippen LogP contribution in [0.2, 0.25) is 0 Å². The van der Waals surface area contributed by atoms with Crippen LogP contribution in [0.3, 0.4) is 0 Å². The normalized spacial score (nSPS) is 14.3. The van der Waals surface area contributed by atoms with E-state index >= 15 is 0 Å². The molecule has 0 spiro atoms. The van der Waals surface area contributed by atoms with Crippen molar-refractivity contribution in [1.29, 1.82) is 0 Å². The first-order chi connectivity index (χ1) is 5.89. The average molecular weight is 195 g/mol. The summed E-state index contributed by atoms with van der Waals surface area (Å²) in [5, 5.41) is 2.98. The zero-order valence-electron chi connectivity index (χ0n) is 8.26. The molecule has 0 saturated carbocycles. The lowest BCUT2D eigenvalue weighted by Crippen LogP contribution is -2.16. The minimum Gasteiger partial charge on any atom is -0.317 e. The van der Waals surface area contributed by atoms with Gasteiger partial charge in [-0.1, -0.05) is 12.5 Å². The maximum atomic E-state index is 12.1. The highest BCUT2D eigenvalue weighted by atomic mass is 19.4. The molecular formula is C9H16F3N. The minimum atomic E-state index is -4.17. The van der Waals surface area contributed by atoms with E-state index in [0.29, 0.717) is 18.5 Å². The molecule has 1 nitrogen and oxygen atoms in total. The third-order valence-electron chi connectivity index (χ3n) is 1.99. The van der Waals surface area contributed by atoms with Gasteiger partial charge in [-0.3, -0.25) is 0 Å². The Hall–Kier alpha value is -0.510. The summed E-state index contributed by atoms with van der Waals surface area (Å²) in [6.45, 7) is 5.98. The van der Waals surface area contributed by atoms with Crippen LogP contribution in [0.25, 0.3) is 0 Å². The van der Waals surface area contributed by atoms with Gasteiger partial charge in [0.15, 0.2) is 0 Å². The first-order valence-corrected chi connectivity index (χ1v) is 4.33. The molecule has 0 heterocycles. The van der Waals surface area contributed by atoms with Crippen molar-refractivity contribution in [3.05, 3.63) is 11.1 Å². The van der Waals surface area contributed by atoms with Crippen molar-refractivity contribution < 1.29 is 13.2 Å². The molecule has 0 atom stereocenters. The molecule has 78 valence electrons. The quantitative estimate of drug-likeness (QED) is 0.537. The Morgan fingerprint density at radius 1 is 1.23 bits per heavy atom. The maximum Gasteiger partial charge on any atom is 0.412 e. The lowest BCUT2D eigenvalue weighted by atomic mass is 10.1. The Morgan fingerprint density at radius 2 is 1.77 bits per heavy atom. The smallest absolute Gasteiger partial charge is 0.317 e. The maximum absolute atomic E-state index is 12.1. The number of nitrogens with one attached hydrogen (secondary N) is 1. The molecule has 0 saturated heterocycles. The van der Waals surface area contributed by atoms with E-state index in [1.807, 2.05) is 6.92 Å². The molecule has 0 aromatic heterocycles. The van der Waals surface area contributed by atoms with Gasteiger partial charge in [0, 0.05) is 5.57 Å². The average Bonchev–Trinajstić information content (AvgIpc) is 2.01. The van der Waals surface area contributed by atoms with E-state index in [1.54, 1.807) is 0 Å². The van der Waals surface area contributed by atoms with Gasteiger partial charge in [-0.25, -0.2) is 0 Å². The molecule has 13 heavy (non-hydrogen) atoms. The van der Waals surface area contributed by atoms with Gasteiger partial charge in [-0.05, 0) is 33.4 Å². The number of halogens is 3. The second-order valence-electron chi connectivity index (χ2n) is 3.01. The monoisotopic (exact) mass is 195 g/mol. The van der Waals surface area contributed by atoms with Gasteiger partial charge in [0.05, 0.1) is 0 Å². The number of hydrogen-bond acceptors (Lipinski definition) is 1. The molecule has 0 rings (SSSR count). The molecule has 0 aliphatic rings. The van der Waals surface area contributed by atoms with E-state index < -0.39 is 11.7 Å². The van der Waals surface area contributed by atoms with Crippen LogP contribution < -0.4 is 5.32 Å². The molecule has 0 radical (unpaired) electrons. The fourth-order valence-electron chi connectivity index (χ4n) is 0.882. The van der Waals surface area contributed by atoms with Gasteiger partial charge < -0.3 is 5.32 Å². The molecule has 4 heteroatoms. The Bertz CT molecular complexity index is 182. The van der Waals surface area contributed by atoms with Crippen LogP contribution in [-0.4, -0.2) is 19.3 Å². The topological polar surface area (TPSA) is 12.0 Å². The molecular weight excluding hydrogens is 179 g/mol. The highest BCUT2D eigenvalue weighted by Crippen LogP contribution is 2.28. The lowest BCUT2D eigenvalue weighted by Gasteiger charge is -2.11. The number of hydrogen-bond donors (Lipinski definition) is 1. The van der Waals surface area contributed by atoms with Crippen LogP contribution >= 0.6 is 0 Å². The van der Waals surface area contributed by atoms with E-state index in [1.165, 1.54) is 6.92 Å². The Labute approximate surface area is 77.0 Å². The van der Waals surface area contributed by atoms with Crippen molar-refractivity contribution in [1.82, 2.24) is 5.32 Å². The predicted molar refractivity (Wildman–Crippen MR) is 47.6 cm³/mol. The van der Waals surface area contributed by atoms with Crippen molar-refractivity contribution in [2.75, 3.05) is 13.1 Å². The zero-order valence-corrected chi connectivity index (χ0v) is 8.26. The second-order valence-corrected chi connectivity index (χ2v) is 3.01. The standard InChI is InChI=1S/C9H16F3N/c1-4-13-6-5-7(2)8(3)9(10,11)12/h13H,4-6H2,1-3H3/b8-7-. The SMILES string of the molecule is CCNCC/C(C)=C(/C)C(F)(F)F. The van der Waals surface area contributed by atoms with E-state index in [9.17, 15) is 13.2 Å². The minimum absolute atomic E-state index is 0.411. The summed E-state index contributed by atoms with van der Waals surface area (Å²) < 4.78 is 36.4. The summed E-state index contributed by atoms with van der Waals surface area (Å²) in [5.74, 6) is 0. The Balaban J connectivity index is 4.12. The van der Waals surface area contributed by atoms with Gasteiger partial charge in [0.25, 0.3) is 0 Å². The molecule has 0 bridgehead atoms. The molecule has 0 aromatic rings. The van der Waals surface area contributed by atoms with Crippen molar-refractivity contribution in [3.63, 3.8) is 0 Å². The summed E-state index contributed by atoms with van der Waals surface area (Å²) in [7, 11) is 0. The Morgan fingerprint density at radius 3 is 2.15 bits per heavy atom. The molecule has 0 amide bonds. The molecule has 0 aromatic carbocycles. The van der Waals surface area contributed by atoms with Crippen LogP contribution in [0.4, 0.5) is 13.2 Å². The Kier molecular flexibility index (Phi) is 5.06. The highest BCUT2D eigenvalue weighted by molar-refractivity contribution is 5.14. The summed E-state index contributed by atoms with van der Waals surface area (Å²) in [6.07, 6.45) is -3.71. The number of alkyl halides is 3. The predicted octanol–water partition coefficient (Wildman–Crippen LogP) is 2.88. The molecule has 1 N–H and O–H groups in total. The van der Waals surface area contributed by atoms with Gasteiger partial charge in [0.1, 0.15) is 0 Å². The van der Waals surface area contributed by atoms with Crippen LogP contribution in [0.1, 0.15) is 27.2 Å². The highest BCUT2D eigenvalue weighted by Gasteiger charge is 2.31. The zero-order chi connectivity index (χ0) is 10.5. The van der Waals surface area contributed by atoms with E-state index in [2.05, 4.69) is 5.32 Å². The summed E-state index contributed by atoms with van der Waals surface area (Å²) in [4.78, 5) is 0. The molecule has 0 unspecified atom stereocenters. The van der Waals surface area contributed by atoms with Gasteiger partial charge in [-0.15, -0.1) is 0 Å². The van der Waals surface area contributed by atoms with Gasteiger partial charge >= 0.3 is 6.18 Å². The van der Waals surface area contributed by atoms with Crippen molar-refractivity contribution in [2.45, 2.75) is 33.4 Å². The van der Waals surface area contributed by atoms with E-state index in [-0.39, 0.29) is 0 Å². The molecule has 0 fully saturated rings. The van der Waals surface area contributed by atoms with Gasteiger partial charge in [-0.2, -0.15) is 13.2 Å². The molecule has 0 aliphatic heterocycles. The van der Waals surface area contributed by atoms with E-state index in [4.69, 9.17) is 0 Å². The van der Waals surface area contributed by atoms with Crippen LogP contribution in [-0.2, 0) is 0 Å². The number of rotatable bonds is 4. The molecule has 0 aliphatic carbocycles. The van der Waals surface area contributed by atoms with Crippen molar-refractivity contribution in [2.24, 2.45) is 0 Å². The third kappa shape index (κ3) is 4.93. The van der Waals surface area contributed by atoms with Crippen LogP contribution in [0.5, 0.6) is 0 Å². The summed E-state index contributed by atoms with van der Waals surface area (Å²) in [5.41, 5.74) is -0.0566. The summed E-state index contributed by atoms with van der Waals surface area (Å²) >= 11 is 0. The number of allylic oxidation sites excluding steroid dienone is 1. The van der Waals surface area contributed by atoms with Crippen LogP contribution in [0, 0.1) is 0 Å².